The molecule has 0 bridgehead atoms. The predicted octanol–water partition coefficient (Wildman–Crippen LogP) is 0.303. The van der Waals surface area contributed by atoms with E-state index in [2.05, 4.69) is 4.90 Å². The first kappa shape index (κ1) is 9.44. The van der Waals surface area contributed by atoms with Crippen LogP contribution < -0.4 is 5.73 Å². The summed E-state index contributed by atoms with van der Waals surface area (Å²) in [5.74, 6) is 1.66. The van der Waals surface area contributed by atoms with Gasteiger partial charge in [0.05, 0.1) is 0 Å². The van der Waals surface area contributed by atoms with Crippen LogP contribution in [0.3, 0.4) is 0 Å². The van der Waals surface area contributed by atoms with Crippen molar-refractivity contribution >= 4 is 0 Å². The van der Waals surface area contributed by atoms with Gasteiger partial charge < -0.3 is 15.4 Å². The van der Waals surface area contributed by atoms with Crippen molar-refractivity contribution in [2.75, 3.05) is 39.4 Å². The van der Waals surface area contributed by atoms with Crippen LogP contribution in [-0.4, -0.2) is 44.3 Å². The molecular weight excluding hydrogens is 164 g/mol. The van der Waals surface area contributed by atoms with Gasteiger partial charge in [0.25, 0.3) is 0 Å². The number of nitrogens with zero attached hydrogens (tertiary/aromatic N) is 1. The third-order valence-electron chi connectivity index (χ3n) is 3.22. The summed E-state index contributed by atoms with van der Waals surface area (Å²) in [5, 5.41) is 0. The average molecular weight is 184 g/mol. The fraction of sp³-hybridized carbons (Fsp3) is 1.00. The van der Waals surface area contributed by atoms with Crippen LogP contribution in [0, 0.1) is 11.8 Å². The van der Waals surface area contributed by atoms with Crippen molar-refractivity contribution in [2.24, 2.45) is 17.6 Å². The molecule has 0 radical (unpaired) electrons. The Morgan fingerprint density at radius 3 is 2.46 bits per heavy atom. The van der Waals surface area contributed by atoms with Crippen LogP contribution in [0.2, 0.25) is 0 Å². The van der Waals surface area contributed by atoms with Crippen molar-refractivity contribution in [3.63, 3.8) is 0 Å². The predicted molar refractivity (Wildman–Crippen MR) is 52.5 cm³/mol. The quantitative estimate of drug-likeness (QED) is 0.686. The number of nitrogens with two attached hydrogens (primary N) is 1. The van der Waals surface area contributed by atoms with Crippen LogP contribution in [0.25, 0.3) is 0 Å². The van der Waals surface area contributed by atoms with Crippen LogP contribution in [0.1, 0.15) is 12.8 Å². The summed E-state index contributed by atoms with van der Waals surface area (Å²) < 4.78 is 5.34. The van der Waals surface area contributed by atoms with Gasteiger partial charge in [-0.05, 0) is 31.2 Å². The number of ether oxygens (including phenoxy) is 1. The molecule has 0 aromatic rings. The highest BCUT2D eigenvalue weighted by atomic mass is 16.5. The molecule has 2 fully saturated rings. The van der Waals surface area contributed by atoms with E-state index in [-0.39, 0.29) is 0 Å². The fourth-order valence-electron chi connectivity index (χ4n) is 2.27. The molecule has 13 heavy (non-hydrogen) atoms. The third kappa shape index (κ3) is 2.42. The molecule has 2 rings (SSSR count). The lowest BCUT2D eigenvalue weighted by Crippen LogP contribution is -2.51. The average Bonchev–Trinajstić information content (AvgIpc) is 2.12. The molecule has 0 aliphatic carbocycles. The highest BCUT2D eigenvalue weighted by Crippen LogP contribution is 2.21. The van der Waals surface area contributed by atoms with Crippen molar-refractivity contribution in [3.8, 4) is 0 Å². The Kier molecular flexibility index (Phi) is 3.19. The molecule has 2 aliphatic rings. The van der Waals surface area contributed by atoms with Crippen molar-refractivity contribution in [1.29, 1.82) is 0 Å². The number of likely N-dealkylation sites (tertiary alicyclic amines) is 1. The number of rotatable bonds is 3. The second-order valence-corrected chi connectivity index (χ2v) is 4.38. The first-order chi connectivity index (χ1) is 6.38. The maximum atomic E-state index is 5.58. The van der Waals surface area contributed by atoms with Gasteiger partial charge in [-0.1, -0.05) is 0 Å². The molecule has 3 heteroatoms. The van der Waals surface area contributed by atoms with Crippen LogP contribution >= 0.6 is 0 Å². The molecule has 0 saturated carbocycles. The largest absolute Gasteiger partial charge is 0.381 e. The molecule has 2 aliphatic heterocycles. The van der Waals surface area contributed by atoms with Gasteiger partial charge in [0.1, 0.15) is 0 Å². The molecule has 76 valence electrons. The minimum atomic E-state index is 0.778. The van der Waals surface area contributed by atoms with E-state index in [4.69, 9.17) is 10.5 Å². The van der Waals surface area contributed by atoms with E-state index in [0.29, 0.717) is 0 Å². The first-order valence-electron chi connectivity index (χ1n) is 5.38. The Bertz CT molecular complexity index is 151. The van der Waals surface area contributed by atoms with Crippen molar-refractivity contribution < 1.29 is 4.74 Å². The summed E-state index contributed by atoms with van der Waals surface area (Å²) in [6, 6.07) is 0. The minimum Gasteiger partial charge on any atom is -0.381 e. The van der Waals surface area contributed by atoms with Gasteiger partial charge in [0.15, 0.2) is 0 Å². The molecule has 0 spiro atoms. The molecular formula is C10H20N2O. The number of hydrogen-bond acceptors (Lipinski definition) is 3. The third-order valence-corrected chi connectivity index (χ3v) is 3.22. The molecule has 3 nitrogen and oxygen atoms in total. The maximum absolute atomic E-state index is 5.58. The lowest BCUT2D eigenvalue weighted by atomic mass is 9.94. The summed E-state index contributed by atoms with van der Waals surface area (Å²) in [7, 11) is 0. The van der Waals surface area contributed by atoms with Crippen LogP contribution in [0.5, 0.6) is 0 Å². The van der Waals surface area contributed by atoms with E-state index in [0.717, 1.165) is 31.6 Å². The Hall–Kier alpha value is -0.120. The van der Waals surface area contributed by atoms with E-state index in [9.17, 15) is 0 Å². The van der Waals surface area contributed by atoms with Gasteiger partial charge in [0.2, 0.25) is 0 Å². The highest BCUT2D eigenvalue weighted by molar-refractivity contribution is 4.82. The second-order valence-electron chi connectivity index (χ2n) is 4.38. The fourth-order valence-corrected chi connectivity index (χ4v) is 2.27. The Morgan fingerprint density at radius 2 is 1.85 bits per heavy atom. The van der Waals surface area contributed by atoms with Crippen LogP contribution in [0.4, 0.5) is 0 Å². The summed E-state index contributed by atoms with van der Waals surface area (Å²) in [4.78, 5) is 2.54. The summed E-state index contributed by atoms with van der Waals surface area (Å²) in [6.07, 6.45) is 2.51. The van der Waals surface area contributed by atoms with Gasteiger partial charge in [0, 0.05) is 32.8 Å². The van der Waals surface area contributed by atoms with Gasteiger partial charge >= 0.3 is 0 Å². The monoisotopic (exact) mass is 184 g/mol. The zero-order valence-electron chi connectivity index (χ0n) is 8.24. The van der Waals surface area contributed by atoms with Crippen molar-refractivity contribution in [2.45, 2.75) is 12.8 Å². The molecule has 0 aromatic carbocycles. The molecule has 2 heterocycles. The standard InChI is InChI=1S/C10H20N2O/c11-5-10-7-12(8-10)6-9-1-3-13-4-2-9/h9-10H,1-8,11H2. The Morgan fingerprint density at radius 1 is 1.15 bits per heavy atom. The summed E-state index contributed by atoms with van der Waals surface area (Å²) in [6.45, 7) is 6.55. The lowest BCUT2D eigenvalue weighted by Gasteiger charge is -2.41. The van der Waals surface area contributed by atoms with Gasteiger partial charge in [-0.15, -0.1) is 0 Å². The van der Waals surface area contributed by atoms with E-state index in [1.165, 1.54) is 32.5 Å². The van der Waals surface area contributed by atoms with E-state index in [1.807, 2.05) is 0 Å². The first-order valence-corrected chi connectivity index (χ1v) is 5.38. The summed E-state index contributed by atoms with van der Waals surface area (Å²) in [5.41, 5.74) is 5.58. The molecule has 0 amide bonds. The smallest absolute Gasteiger partial charge is 0.0469 e. The van der Waals surface area contributed by atoms with E-state index < -0.39 is 0 Å². The SMILES string of the molecule is NCC1CN(CC2CCOCC2)C1. The maximum Gasteiger partial charge on any atom is 0.0469 e. The molecule has 0 atom stereocenters. The Labute approximate surface area is 80.2 Å². The van der Waals surface area contributed by atoms with E-state index >= 15 is 0 Å². The van der Waals surface area contributed by atoms with Gasteiger partial charge in [-0.2, -0.15) is 0 Å². The van der Waals surface area contributed by atoms with Crippen molar-refractivity contribution in [1.82, 2.24) is 4.90 Å². The number of hydrogen-bond donors (Lipinski definition) is 1. The van der Waals surface area contributed by atoms with Crippen LogP contribution in [0.15, 0.2) is 0 Å². The summed E-state index contributed by atoms with van der Waals surface area (Å²) >= 11 is 0. The zero-order valence-corrected chi connectivity index (χ0v) is 8.24. The van der Waals surface area contributed by atoms with Crippen molar-refractivity contribution in [3.05, 3.63) is 0 Å². The Balaban J connectivity index is 1.62. The molecule has 2 saturated heterocycles. The van der Waals surface area contributed by atoms with Gasteiger partial charge in [-0.3, -0.25) is 0 Å². The van der Waals surface area contributed by atoms with Gasteiger partial charge in [-0.25, -0.2) is 0 Å². The second kappa shape index (κ2) is 4.40. The molecule has 0 unspecified atom stereocenters. The lowest BCUT2D eigenvalue weighted by molar-refractivity contribution is 0.0270. The minimum absolute atomic E-state index is 0.778. The highest BCUT2D eigenvalue weighted by Gasteiger charge is 2.27. The van der Waals surface area contributed by atoms with Crippen LogP contribution in [-0.2, 0) is 4.74 Å². The molecule has 0 aromatic heterocycles. The van der Waals surface area contributed by atoms with E-state index in [1.54, 1.807) is 0 Å². The topological polar surface area (TPSA) is 38.5 Å². The zero-order chi connectivity index (χ0) is 9.10. The normalized spacial score (nSPS) is 27.5. The molecule has 2 N–H and O–H groups in total.